The van der Waals surface area contributed by atoms with E-state index in [0.29, 0.717) is 53.8 Å². The molecule has 1 aromatic heterocycles. The summed E-state index contributed by atoms with van der Waals surface area (Å²) in [6.45, 7) is 4.05. The highest BCUT2D eigenvalue weighted by molar-refractivity contribution is 6.30. The minimum atomic E-state index is -0.724. The quantitative estimate of drug-likeness (QED) is 0.391. The van der Waals surface area contributed by atoms with Gasteiger partial charge in [0, 0.05) is 43.0 Å². The summed E-state index contributed by atoms with van der Waals surface area (Å²) >= 11 is 6.15. The first-order valence-corrected chi connectivity index (χ1v) is 12.6. The Morgan fingerprint density at radius 2 is 1.92 bits per heavy atom. The van der Waals surface area contributed by atoms with E-state index in [4.69, 9.17) is 16.3 Å². The Kier molecular flexibility index (Phi) is 8.98. The highest BCUT2D eigenvalue weighted by Crippen LogP contribution is 2.35. The predicted molar refractivity (Wildman–Crippen MR) is 141 cm³/mol. The number of nitriles is 1. The van der Waals surface area contributed by atoms with Crippen LogP contribution in [0.4, 0.5) is 5.69 Å². The van der Waals surface area contributed by atoms with Crippen molar-refractivity contribution in [2.24, 2.45) is 0 Å². The molecule has 2 aromatic carbocycles. The van der Waals surface area contributed by atoms with Crippen molar-refractivity contribution in [2.75, 3.05) is 37.7 Å². The number of pyridine rings is 1. The number of nitrogens with zero attached hydrogens (tertiary/aromatic N) is 4. The molecule has 1 saturated heterocycles. The van der Waals surface area contributed by atoms with Crippen LogP contribution in [0.3, 0.4) is 0 Å². The normalized spacial score (nSPS) is 17.7. The Labute approximate surface area is 221 Å². The Morgan fingerprint density at radius 1 is 1.14 bits per heavy atom. The van der Waals surface area contributed by atoms with Crippen molar-refractivity contribution >= 4 is 17.3 Å². The van der Waals surface area contributed by atoms with Gasteiger partial charge in [0.15, 0.2) is 0 Å². The molecule has 0 aliphatic carbocycles. The number of anilines is 1. The minimum absolute atomic E-state index is 0.0792. The lowest BCUT2D eigenvalue weighted by Gasteiger charge is -2.44. The van der Waals surface area contributed by atoms with Gasteiger partial charge in [-0.1, -0.05) is 29.8 Å². The fraction of sp³-hybridized carbons (Fsp3) is 0.357. The van der Waals surface area contributed by atoms with Gasteiger partial charge in [0.1, 0.15) is 18.4 Å². The maximum atomic E-state index is 10.9. The number of piperazine rings is 1. The zero-order valence-corrected chi connectivity index (χ0v) is 21.4. The second-order valence-corrected chi connectivity index (χ2v) is 9.66. The van der Waals surface area contributed by atoms with E-state index in [-0.39, 0.29) is 19.3 Å². The highest BCUT2D eigenvalue weighted by atomic mass is 35.5. The summed E-state index contributed by atoms with van der Waals surface area (Å²) in [5.74, 6) is 0.534. The van der Waals surface area contributed by atoms with Crippen molar-refractivity contribution in [1.29, 1.82) is 5.26 Å². The Balaban J connectivity index is 1.57. The second-order valence-electron chi connectivity index (χ2n) is 9.23. The zero-order valence-electron chi connectivity index (χ0n) is 20.7. The van der Waals surface area contributed by atoms with Gasteiger partial charge in [-0.2, -0.15) is 5.26 Å². The smallest absolute Gasteiger partial charge is 0.120 e. The standard InChI is InChI=1S/C28H31ClN4O4/c1-19(35)18-37-25-8-9-26(22(12-25)13-30)33-11-10-32(15-27(33)20-2-5-23(29)6-3-20)16-28(36)21-4-7-24(17-34)31-14-21/h2-9,12,14,19,27-28,34-36H,10-11,15-18H2,1H3/t19-,27-,28+/m0/s1. The third kappa shape index (κ3) is 6.77. The van der Waals surface area contributed by atoms with Gasteiger partial charge in [-0.3, -0.25) is 9.88 Å². The number of aromatic nitrogens is 1. The zero-order chi connectivity index (χ0) is 26.4. The number of aliphatic hydroxyl groups excluding tert-OH is 3. The van der Waals surface area contributed by atoms with Gasteiger partial charge in [0.05, 0.1) is 41.8 Å². The van der Waals surface area contributed by atoms with Crippen molar-refractivity contribution in [3.05, 3.63) is 88.2 Å². The molecule has 0 spiro atoms. The van der Waals surface area contributed by atoms with Crippen LogP contribution < -0.4 is 9.64 Å². The Bertz CT molecular complexity index is 1210. The number of aliphatic hydroxyl groups is 3. The molecule has 0 bridgehead atoms. The topological polar surface area (TPSA) is 113 Å². The lowest BCUT2D eigenvalue weighted by molar-refractivity contribution is 0.100. The Hall–Kier alpha value is -3.19. The molecule has 3 aromatic rings. The number of ether oxygens (including phenoxy) is 1. The molecular formula is C28H31ClN4O4. The first-order valence-electron chi connectivity index (χ1n) is 12.2. The first kappa shape index (κ1) is 26.9. The van der Waals surface area contributed by atoms with Crippen molar-refractivity contribution in [2.45, 2.75) is 31.8 Å². The molecule has 3 N–H and O–H groups in total. The molecule has 0 amide bonds. The van der Waals surface area contributed by atoms with E-state index < -0.39 is 12.2 Å². The molecule has 0 radical (unpaired) electrons. The van der Waals surface area contributed by atoms with Gasteiger partial charge in [-0.05, 0) is 48.9 Å². The van der Waals surface area contributed by atoms with E-state index in [0.717, 1.165) is 11.3 Å². The van der Waals surface area contributed by atoms with Crippen LogP contribution in [0, 0.1) is 11.3 Å². The van der Waals surface area contributed by atoms with Gasteiger partial charge < -0.3 is 25.0 Å². The third-order valence-corrected chi connectivity index (χ3v) is 6.69. The summed E-state index contributed by atoms with van der Waals surface area (Å²) in [5.41, 5.74) is 3.60. The molecule has 0 unspecified atom stereocenters. The van der Waals surface area contributed by atoms with Gasteiger partial charge in [0.2, 0.25) is 0 Å². The van der Waals surface area contributed by atoms with Gasteiger partial charge in [-0.15, -0.1) is 0 Å². The number of hydrogen-bond acceptors (Lipinski definition) is 8. The molecule has 2 heterocycles. The number of benzene rings is 2. The maximum Gasteiger partial charge on any atom is 0.120 e. The van der Waals surface area contributed by atoms with Crippen LogP contribution in [-0.4, -0.2) is 64.1 Å². The van der Waals surface area contributed by atoms with Crippen LogP contribution in [-0.2, 0) is 6.61 Å². The average molecular weight is 523 g/mol. The van der Waals surface area contributed by atoms with E-state index in [9.17, 15) is 20.6 Å². The summed E-state index contributed by atoms with van der Waals surface area (Å²) in [5, 5.41) is 40.2. The molecule has 1 aliphatic rings. The van der Waals surface area contributed by atoms with Crippen molar-refractivity contribution in [3.63, 3.8) is 0 Å². The van der Waals surface area contributed by atoms with Crippen LogP contribution in [0.2, 0.25) is 5.02 Å². The fourth-order valence-electron chi connectivity index (χ4n) is 4.50. The first-order chi connectivity index (χ1) is 17.9. The highest BCUT2D eigenvalue weighted by Gasteiger charge is 2.31. The molecular weight excluding hydrogens is 492 g/mol. The van der Waals surface area contributed by atoms with E-state index in [1.54, 1.807) is 31.3 Å². The molecule has 1 fully saturated rings. The number of β-amino-alcohol motifs (C(OH)–C–C–N with tert-alkyl or cyclic N) is 1. The molecule has 8 nitrogen and oxygen atoms in total. The van der Waals surface area contributed by atoms with Crippen LogP contribution in [0.25, 0.3) is 0 Å². The van der Waals surface area contributed by atoms with E-state index >= 15 is 0 Å². The largest absolute Gasteiger partial charge is 0.491 e. The van der Waals surface area contributed by atoms with E-state index in [1.165, 1.54) is 0 Å². The van der Waals surface area contributed by atoms with Crippen LogP contribution in [0.5, 0.6) is 5.75 Å². The van der Waals surface area contributed by atoms with E-state index in [2.05, 4.69) is 20.9 Å². The summed E-state index contributed by atoms with van der Waals surface area (Å²) < 4.78 is 5.60. The summed E-state index contributed by atoms with van der Waals surface area (Å²) in [4.78, 5) is 8.59. The third-order valence-electron chi connectivity index (χ3n) is 6.43. The summed E-state index contributed by atoms with van der Waals surface area (Å²) in [6.07, 6.45) is 0.271. The van der Waals surface area contributed by atoms with Gasteiger partial charge >= 0.3 is 0 Å². The molecule has 3 atom stereocenters. The molecule has 4 rings (SSSR count). The summed E-state index contributed by atoms with van der Waals surface area (Å²) in [7, 11) is 0. The van der Waals surface area contributed by atoms with E-state index in [1.807, 2.05) is 36.4 Å². The van der Waals surface area contributed by atoms with Crippen LogP contribution >= 0.6 is 11.6 Å². The number of hydrogen-bond donors (Lipinski definition) is 3. The van der Waals surface area contributed by atoms with Gasteiger partial charge in [-0.25, -0.2) is 0 Å². The molecule has 1 aliphatic heterocycles. The second kappa shape index (κ2) is 12.4. The van der Waals surface area contributed by atoms with Crippen LogP contribution in [0.1, 0.15) is 41.5 Å². The lowest BCUT2D eigenvalue weighted by atomic mass is 9.99. The average Bonchev–Trinajstić information content (AvgIpc) is 2.92. The maximum absolute atomic E-state index is 10.9. The summed E-state index contributed by atoms with van der Waals surface area (Å²) in [6, 6.07) is 18.8. The number of halogens is 1. The fourth-order valence-corrected chi connectivity index (χ4v) is 4.63. The van der Waals surface area contributed by atoms with Gasteiger partial charge in [0.25, 0.3) is 0 Å². The SMILES string of the molecule is C[C@H](O)COc1ccc(N2CCN(C[C@@H](O)c3ccc(CO)nc3)C[C@H]2c2ccc(Cl)cc2)c(C#N)c1. The monoisotopic (exact) mass is 522 g/mol. The van der Waals surface area contributed by atoms with Crippen molar-refractivity contribution in [3.8, 4) is 11.8 Å². The lowest BCUT2D eigenvalue weighted by Crippen LogP contribution is -2.49. The number of rotatable bonds is 9. The van der Waals surface area contributed by atoms with Crippen molar-refractivity contribution in [1.82, 2.24) is 9.88 Å². The van der Waals surface area contributed by atoms with Crippen molar-refractivity contribution < 1.29 is 20.1 Å². The van der Waals surface area contributed by atoms with Crippen LogP contribution in [0.15, 0.2) is 60.8 Å². The molecule has 37 heavy (non-hydrogen) atoms. The molecule has 194 valence electrons. The predicted octanol–water partition coefficient (Wildman–Crippen LogP) is 3.46. The molecule has 9 heteroatoms. The Morgan fingerprint density at radius 3 is 2.57 bits per heavy atom. The minimum Gasteiger partial charge on any atom is -0.491 e. The molecule has 0 saturated carbocycles.